The largest absolute Gasteiger partial charge is 0.348 e. The number of carbonyl (C=O) groups excluding carboxylic acids is 1. The summed E-state index contributed by atoms with van der Waals surface area (Å²) < 4.78 is 1.86. The molecule has 0 aliphatic rings. The van der Waals surface area contributed by atoms with Crippen LogP contribution in [-0.4, -0.2) is 25.5 Å². The van der Waals surface area contributed by atoms with E-state index in [-0.39, 0.29) is 12.3 Å². The van der Waals surface area contributed by atoms with Gasteiger partial charge in [0, 0.05) is 17.1 Å². The molecule has 1 aromatic carbocycles. The molecule has 4 aromatic rings. The molecule has 0 unspecified atom stereocenters. The third-order valence-electron chi connectivity index (χ3n) is 3.74. The topological polar surface area (TPSA) is 72.2 Å². The maximum Gasteiger partial charge on any atom is 0.226 e. The lowest BCUT2D eigenvalue weighted by molar-refractivity contribution is -0.120. The lowest BCUT2D eigenvalue weighted by Gasteiger charge is -2.03. The monoisotopic (exact) mass is 349 g/mol. The highest BCUT2D eigenvalue weighted by molar-refractivity contribution is 7.13. The minimum Gasteiger partial charge on any atom is -0.348 e. The number of thiazole rings is 1. The van der Waals surface area contributed by atoms with Gasteiger partial charge in [-0.05, 0) is 12.1 Å². The summed E-state index contributed by atoms with van der Waals surface area (Å²) in [4.78, 5) is 16.7. The van der Waals surface area contributed by atoms with Gasteiger partial charge in [0.25, 0.3) is 0 Å². The van der Waals surface area contributed by atoms with Gasteiger partial charge >= 0.3 is 0 Å². The van der Waals surface area contributed by atoms with Crippen molar-refractivity contribution >= 4 is 22.9 Å². The number of aromatic nitrogens is 4. The number of rotatable bonds is 5. The fraction of sp³-hybridized carbons (Fsp3) is 0.111. The van der Waals surface area contributed by atoms with Gasteiger partial charge < -0.3 is 5.32 Å². The van der Waals surface area contributed by atoms with Gasteiger partial charge in [0.1, 0.15) is 5.01 Å². The van der Waals surface area contributed by atoms with Crippen molar-refractivity contribution in [3.05, 3.63) is 71.6 Å². The van der Waals surface area contributed by atoms with Crippen molar-refractivity contribution in [1.82, 2.24) is 24.9 Å². The van der Waals surface area contributed by atoms with Gasteiger partial charge in [-0.2, -0.15) is 0 Å². The number of benzene rings is 1. The number of pyridine rings is 1. The number of nitrogens with one attached hydrogen (secondary N) is 1. The van der Waals surface area contributed by atoms with Gasteiger partial charge in [0.15, 0.2) is 11.5 Å². The zero-order valence-corrected chi connectivity index (χ0v) is 14.1. The molecule has 124 valence electrons. The second-order valence-corrected chi connectivity index (χ2v) is 6.37. The van der Waals surface area contributed by atoms with Crippen LogP contribution in [0.1, 0.15) is 11.5 Å². The molecule has 7 heteroatoms. The molecule has 1 N–H and O–H groups in total. The van der Waals surface area contributed by atoms with Crippen LogP contribution in [0.25, 0.3) is 16.2 Å². The first-order chi connectivity index (χ1) is 12.3. The molecule has 1 amide bonds. The molecule has 6 nitrogen and oxygen atoms in total. The number of fused-ring (bicyclic) bond motifs is 1. The number of amides is 1. The van der Waals surface area contributed by atoms with Gasteiger partial charge in [-0.25, -0.2) is 4.98 Å². The van der Waals surface area contributed by atoms with Gasteiger partial charge in [0.05, 0.1) is 18.7 Å². The summed E-state index contributed by atoms with van der Waals surface area (Å²) in [6.45, 7) is 0.333. The second-order valence-electron chi connectivity index (χ2n) is 5.51. The Morgan fingerprint density at radius 1 is 1.08 bits per heavy atom. The van der Waals surface area contributed by atoms with Crippen LogP contribution < -0.4 is 5.32 Å². The normalized spacial score (nSPS) is 10.9. The third kappa shape index (κ3) is 3.41. The van der Waals surface area contributed by atoms with Crippen LogP contribution in [0.5, 0.6) is 0 Å². The average molecular weight is 349 g/mol. The van der Waals surface area contributed by atoms with E-state index in [0.29, 0.717) is 12.4 Å². The first kappa shape index (κ1) is 15.5. The fourth-order valence-corrected chi connectivity index (χ4v) is 3.34. The molecule has 0 spiro atoms. The Balaban J connectivity index is 1.39. The molecule has 0 aliphatic heterocycles. The van der Waals surface area contributed by atoms with Crippen LogP contribution in [0.3, 0.4) is 0 Å². The van der Waals surface area contributed by atoms with Crippen molar-refractivity contribution in [1.29, 1.82) is 0 Å². The smallest absolute Gasteiger partial charge is 0.226 e. The predicted octanol–water partition coefficient (Wildman–Crippen LogP) is 2.71. The van der Waals surface area contributed by atoms with Crippen molar-refractivity contribution in [3.63, 3.8) is 0 Å². The standard InChI is InChI=1S/C18H15N5OS/c24-17(19-11-16-22-21-15-8-4-5-9-23(15)16)10-14-12-25-18(20-14)13-6-2-1-3-7-13/h1-9,12H,10-11H2,(H,19,24). The SMILES string of the molecule is O=C(Cc1csc(-c2ccccc2)n1)NCc1nnc2ccccn12. The van der Waals surface area contributed by atoms with Crippen molar-refractivity contribution in [3.8, 4) is 10.6 Å². The first-order valence-electron chi connectivity index (χ1n) is 7.85. The highest BCUT2D eigenvalue weighted by Gasteiger charge is 2.10. The van der Waals surface area contributed by atoms with E-state index >= 15 is 0 Å². The molecule has 0 saturated heterocycles. The molecule has 4 rings (SSSR count). The van der Waals surface area contributed by atoms with E-state index in [1.54, 1.807) is 11.3 Å². The van der Waals surface area contributed by atoms with Crippen molar-refractivity contribution in [2.75, 3.05) is 0 Å². The molecule has 0 saturated carbocycles. The van der Waals surface area contributed by atoms with Crippen molar-refractivity contribution in [2.24, 2.45) is 0 Å². The highest BCUT2D eigenvalue weighted by atomic mass is 32.1. The summed E-state index contributed by atoms with van der Waals surface area (Å²) in [5.41, 5.74) is 2.60. The minimum atomic E-state index is -0.0856. The molecule has 3 aromatic heterocycles. The van der Waals surface area contributed by atoms with Crippen LogP contribution in [0.2, 0.25) is 0 Å². The fourth-order valence-electron chi connectivity index (χ4n) is 2.52. The van der Waals surface area contributed by atoms with Crippen LogP contribution in [-0.2, 0) is 17.8 Å². The molecule has 3 heterocycles. The van der Waals surface area contributed by atoms with Gasteiger partial charge in [-0.15, -0.1) is 21.5 Å². The van der Waals surface area contributed by atoms with E-state index in [1.807, 2.05) is 64.5 Å². The average Bonchev–Trinajstić information content (AvgIpc) is 3.28. The summed E-state index contributed by atoms with van der Waals surface area (Å²) in [5.74, 6) is 0.616. The Morgan fingerprint density at radius 2 is 1.92 bits per heavy atom. The Labute approximate surface area is 148 Å². The summed E-state index contributed by atoms with van der Waals surface area (Å²) in [7, 11) is 0. The van der Waals surface area contributed by atoms with Gasteiger partial charge in [0.2, 0.25) is 5.91 Å². The van der Waals surface area contributed by atoms with E-state index in [2.05, 4.69) is 20.5 Å². The van der Waals surface area contributed by atoms with E-state index < -0.39 is 0 Å². The molecule has 0 aliphatic carbocycles. The lowest BCUT2D eigenvalue weighted by atomic mass is 10.2. The second kappa shape index (κ2) is 6.82. The van der Waals surface area contributed by atoms with Gasteiger partial charge in [-0.3, -0.25) is 9.20 Å². The summed E-state index contributed by atoms with van der Waals surface area (Å²) in [6.07, 6.45) is 2.13. The van der Waals surface area contributed by atoms with Crippen molar-refractivity contribution in [2.45, 2.75) is 13.0 Å². The number of hydrogen-bond donors (Lipinski definition) is 1. The van der Waals surface area contributed by atoms with Gasteiger partial charge in [-0.1, -0.05) is 36.4 Å². The van der Waals surface area contributed by atoms with E-state index in [1.165, 1.54) is 0 Å². The Morgan fingerprint density at radius 3 is 2.80 bits per heavy atom. The summed E-state index contributed by atoms with van der Waals surface area (Å²) >= 11 is 1.54. The first-order valence-corrected chi connectivity index (χ1v) is 8.73. The molecule has 25 heavy (non-hydrogen) atoms. The summed E-state index contributed by atoms with van der Waals surface area (Å²) in [6, 6.07) is 15.6. The zero-order chi connectivity index (χ0) is 17.1. The maximum absolute atomic E-state index is 12.2. The predicted molar refractivity (Wildman–Crippen MR) is 96.1 cm³/mol. The van der Waals surface area contributed by atoms with Crippen LogP contribution in [0.4, 0.5) is 0 Å². The quantitative estimate of drug-likeness (QED) is 0.601. The molecule has 0 fully saturated rings. The molecular weight excluding hydrogens is 334 g/mol. The highest BCUT2D eigenvalue weighted by Crippen LogP contribution is 2.23. The lowest BCUT2D eigenvalue weighted by Crippen LogP contribution is -2.25. The Bertz CT molecular complexity index is 1010. The Kier molecular flexibility index (Phi) is 4.22. The van der Waals surface area contributed by atoms with E-state index in [4.69, 9.17) is 0 Å². The van der Waals surface area contributed by atoms with Crippen LogP contribution in [0.15, 0.2) is 60.1 Å². The molecular formula is C18H15N5OS. The zero-order valence-electron chi connectivity index (χ0n) is 13.3. The van der Waals surface area contributed by atoms with Crippen molar-refractivity contribution < 1.29 is 4.79 Å². The number of nitrogens with zero attached hydrogens (tertiary/aromatic N) is 4. The van der Waals surface area contributed by atoms with E-state index in [9.17, 15) is 4.79 Å². The van der Waals surface area contributed by atoms with Crippen LogP contribution in [0, 0.1) is 0 Å². The molecule has 0 radical (unpaired) electrons. The molecule has 0 bridgehead atoms. The minimum absolute atomic E-state index is 0.0856. The number of hydrogen-bond acceptors (Lipinski definition) is 5. The maximum atomic E-state index is 12.2. The van der Waals surface area contributed by atoms with Crippen LogP contribution >= 0.6 is 11.3 Å². The number of carbonyl (C=O) groups is 1. The third-order valence-corrected chi connectivity index (χ3v) is 4.68. The Hall–Kier alpha value is -3.06. The molecule has 0 atom stereocenters. The summed E-state index contributed by atoms with van der Waals surface area (Å²) in [5, 5.41) is 13.9. The van der Waals surface area contributed by atoms with E-state index in [0.717, 1.165) is 21.9 Å².